The molecule has 2 aromatic rings. The SMILES string of the molecule is CN=C(NCCCCCc1ccccc1)NCc1ncc(C(C)(C)C)o1. The summed E-state index contributed by atoms with van der Waals surface area (Å²) in [6.45, 7) is 7.78. The number of aliphatic imine (C=N–C) groups is 1. The Morgan fingerprint density at radius 2 is 1.85 bits per heavy atom. The van der Waals surface area contributed by atoms with Crippen LogP contribution in [0.5, 0.6) is 0 Å². The number of nitrogens with zero attached hydrogens (tertiary/aromatic N) is 2. The lowest BCUT2D eigenvalue weighted by Crippen LogP contribution is -2.37. The summed E-state index contributed by atoms with van der Waals surface area (Å²) >= 11 is 0. The van der Waals surface area contributed by atoms with Crippen molar-refractivity contribution in [2.45, 2.75) is 58.4 Å². The van der Waals surface area contributed by atoms with E-state index in [4.69, 9.17) is 4.42 Å². The van der Waals surface area contributed by atoms with E-state index in [1.165, 1.54) is 18.4 Å². The highest BCUT2D eigenvalue weighted by atomic mass is 16.4. The van der Waals surface area contributed by atoms with Crippen LogP contribution in [0.1, 0.15) is 57.2 Å². The van der Waals surface area contributed by atoms with Gasteiger partial charge >= 0.3 is 0 Å². The molecule has 0 fully saturated rings. The predicted octanol–water partition coefficient (Wildman–Crippen LogP) is 4.05. The minimum Gasteiger partial charge on any atom is -0.443 e. The number of hydrogen-bond donors (Lipinski definition) is 2. The third-order valence-corrected chi connectivity index (χ3v) is 4.20. The van der Waals surface area contributed by atoms with Gasteiger partial charge in [0.2, 0.25) is 5.89 Å². The van der Waals surface area contributed by atoms with Crippen LogP contribution in [0.3, 0.4) is 0 Å². The molecule has 5 nitrogen and oxygen atoms in total. The fourth-order valence-corrected chi connectivity index (χ4v) is 2.60. The number of nitrogens with one attached hydrogen (secondary N) is 2. The van der Waals surface area contributed by atoms with Crippen LogP contribution >= 0.6 is 0 Å². The van der Waals surface area contributed by atoms with Gasteiger partial charge in [-0.3, -0.25) is 4.99 Å². The summed E-state index contributed by atoms with van der Waals surface area (Å²) < 4.78 is 5.79. The molecule has 5 heteroatoms. The number of guanidine groups is 1. The molecule has 0 atom stereocenters. The Kier molecular flexibility index (Phi) is 7.70. The molecule has 0 amide bonds. The van der Waals surface area contributed by atoms with E-state index >= 15 is 0 Å². The second-order valence-corrected chi connectivity index (χ2v) is 7.52. The van der Waals surface area contributed by atoms with Crippen LogP contribution in [0.15, 0.2) is 45.9 Å². The maximum Gasteiger partial charge on any atom is 0.213 e. The van der Waals surface area contributed by atoms with Gasteiger partial charge in [0.25, 0.3) is 0 Å². The molecule has 0 bridgehead atoms. The summed E-state index contributed by atoms with van der Waals surface area (Å²) in [5, 5.41) is 6.59. The smallest absolute Gasteiger partial charge is 0.213 e. The zero-order valence-electron chi connectivity index (χ0n) is 16.5. The van der Waals surface area contributed by atoms with Gasteiger partial charge in [-0.25, -0.2) is 4.98 Å². The molecule has 2 rings (SSSR count). The van der Waals surface area contributed by atoms with E-state index in [0.717, 1.165) is 31.1 Å². The van der Waals surface area contributed by atoms with Crippen LogP contribution in [0.4, 0.5) is 0 Å². The third-order valence-electron chi connectivity index (χ3n) is 4.20. The van der Waals surface area contributed by atoms with Crippen molar-refractivity contribution in [1.29, 1.82) is 0 Å². The maximum atomic E-state index is 5.79. The zero-order chi connectivity index (χ0) is 18.8. The summed E-state index contributed by atoms with van der Waals surface area (Å²) in [5.41, 5.74) is 1.39. The number of aromatic nitrogens is 1. The molecule has 0 aliphatic carbocycles. The normalized spacial score (nSPS) is 12.2. The molecule has 0 aliphatic rings. The number of aryl methyl sites for hydroxylation is 1. The Morgan fingerprint density at radius 3 is 2.50 bits per heavy atom. The van der Waals surface area contributed by atoms with Crippen molar-refractivity contribution in [3.8, 4) is 0 Å². The van der Waals surface area contributed by atoms with Gasteiger partial charge in [0.1, 0.15) is 5.76 Å². The van der Waals surface area contributed by atoms with Gasteiger partial charge in [-0.05, 0) is 24.8 Å². The van der Waals surface area contributed by atoms with Gasteiger partial charge in [-0.2, -0.15) is 0 Å². The molecule has 0 aliphatic heterocycles. The van der Waals surface area contributed by atoms with Crippen molar-refractivity contribution in [2.75, 3.05) is 13.6 Å². The zero-order valence-corrected chi connectivity index (χ0v) is 16.5. The molecule has 0 saturated carbocycles. The van der Waals surface area contributed by atoms with Crippen molar-refractivity contribution in [1.82, 2.24) is 15.6 Å². The summed E-state index contributed by atoms with van der Waals surface area (Å²) in [7, 11) is 1.78. The first-order chi connectivity index (χ1) is 12.5. The van der Waals surface area contributed by atoms with Gasteiger partial charge in [0, 0.05) is 19.0 Å². The Balaban J connectivity index is 1.61. The average Bonchev–Trinajstić information content (AvgIpc) is 3.11. The number of rotatable bonds is 8. The summed E-state index contributed by atoms with van der Waals surface area (Å²) in [4.78, 5) is 8.58. The number of unbranched alkanes of at least 4 members (excludes halogenated alkanes) is 2. The van der Waals surface area contributed by atoms with Crippen LogP contribution in [-0.2, 0) is 18.4 Å². The van der Waals surface area contributed by atoms with E-state index in [2.05, 4.69) is 71.7 Å². The number of hydrogen-bond acceptors (Lipinski definition) is 3. The highest BCUT2D eigenvalue weighted by Gasteiger charge is 2.19. The van der Waals surface area contributed by atoms with Crippen LogP contribution in [0.25, 0.3) is 0 Å². The lowest BCUT2D eigenvalue weighted by atomic mass is 9.94. The fraction of sp³-hybridized carbons (Fsp3) is 0.524. The van der Waals surface area contributed by atoms with Gasteiger partial charge in [0.05, 0.1) is 12.7 Å². The van der Waals surface area contributed by atoms with E-state index in [1.54, 1.807) is 13.2 Å². The fourth-order valence-electron chi connectivity index (χ4n) is 2.60. The summed E-state index contributed by atoms with van der Waals surface area (Å²) in [6.07, 6.45) is 6.49. The Labute approximate surface area is 157 Å². The summed E-state index contributed by atoms with van der Waals surface area (Å²) in [6, 6.07) is 10.7. The second kappa shape index (κ2) is 10.00. The molecule has 0 radical (unpaired) electrons. The van der Waals surface area contributed by atoms with E-state index < -0.39 is 0 Å². The Morgan fingerprint density at radius 1 is 1.08 bits per heavy atom. The molecule has 0 unspecified atom stereocenters. The number of oxazole rings is 1. The highest BCUT2D eigenvalue weighted by Crippen LogP contribution is 2.22. The highest BCUT2D eigenvalue weighted by molar-refractivity contribution is 5.79. The van der Waals surface area contributed by atoms with Gasteiger partial charge in [-0.15, -0.1) is 0 Å². The first kappa shape index (κ1) is 20.0. The molecule has 1 aromatic heterocycles. The van der Waals surface area contributed by atoms with Crippen LogP contribution in [0.2, 0.25) is 0 Å². The summed E-state index contributed by atoms with van der Waals surface area (Å²) in [5.74, 6) is 2.36. The molecule has 0 spiro atoms. The molecule has 142 valence electrons. The van der Waals surface area contributed by atoms with Crippen molar-refractivity contribution >= 4 is 5.96 Å². The average molecular weight is 357 g/mol. The first-order valence-corrected chi connectivity index (χ1v) is 9.42. The van der Waals surface area contributed by atoms with Crippen LogP contribution in [0, 0.1) is 0 Å². The number of benzene rings is 1. The van der Waals surface area contributed by atoms with Gasteiger partial charge in [-0.1, -0.05) is 57.5 Å². The molecule has 2 N–H and O–H groups in total. The Hall–Kier alpha value is -2.30. The van der Waals surface area contributed by atoms with E-state index in [-0.39, 0.29) is 5.41 Å². The minimum absolute atomic E-state index is 0.0229. The van der Waals surface area contributed by atoms with E-state index in [9.17, 15) is 0 Å². The second-order valence-electron chi connectivity index (χ2n) is 7.52. The van der Waals surface area contributed by atoms with E-state index in [1.807, 2.05) is 0 Å². The standard InChI is InChI=1S/C21H32N4O/c1-21(2,3)18-15-24-19(26-18)16-25-20(22-4)23-14-10-6-9-13-17-11-7-5-8-12-17/h5,7-8,11-12,15H,6,9-10,13-14,16H2,1-4H3,(H2,22,23,25). The van der Waals surface area contributed by atoms with Crippen molar-refractivity contribution in [3.63, 3.8) is 0 Å². The van der Waals surface area contributed by atoms with E-state index in [0.29, 0.717) is 12.4 Å². The van der Waals surface area contributed by atoms with Gasteiger partial charge < -0.3 is 15.1 Å². The lowest BCUT2D eigenvalue weighted by molar-refractivity contribution is 0.379. The van der Waals surface area contributed by atoms with Crippen molar-refractivity contribution < 1.29 is 4.42 Å². The maximum absolute atomic E-state index is 5.79. The monoisotopic (exact) mass is 356 g/mol. The molecule has 0 saturated heterocycles. The molecule has 1 aromatic carbocycles. The Bertz CT molecular complexity index is 671. The van der Waals surface area contributed by atoms with Crippen LogP contribution < -0.4 is 10.6 Å². The predicted molar refractivity (Wildman–Crippen MR) is 107 cm³/mol. The first-order valence-electron chi connectivity index (χ1n) is 9.42. The van der Waals surface area contributed by atoms with Crippen molar-refractivity contribution in [2.24, 2.45) is 4.99 Å². The molecular weight excluding hydrogens is 324 g/mol. The lowest BCUT2D eigenvalue weighted by Gasteiger charge is -2.13. The minimum atomic E-state index is -0.0229. The van der Waals surface area contributed by atoms with Crippen molar-refractivity contribution in [3.05, 3.63) is 53.7 Å². The molecule has 1 heterocycles. The third kappa shape index (κ3) is 6.90. The van der Waals surface area contributed by atoms with Crippen LogP contribution in [-0.4, -0.2) is 24.5 Å². The largest absolute Gasteiger partial charge is 0.443 e. The van der Waals surface area contributed by atoms with Gasteiger partial charge in [0.15, 0.2) is 5.96 Å². The topological polar surface area (TPSA) is 62.5 Å². The molecular formula is C21H32N4O. The molecule has 26 heavy (non-hydrogen) atoms. The quantitative estimate of drug-likeness (QED) is 0.425.